The molecule has 0 atom stereocenters. The van der Waals surface area contributed by atoms with Crippen LogP contribution < -0.4 is 16.8 Å². The summed E-state index contributed by atoms with van der Waals surface area (Å²) in [6.07, 6.45) is 4.91. The van der Waals surface area contributed by atoms with Gasteiger partial charge >= 0.3 is 5.69 Å². The second kappa shape index (κ2) is 8.34. The lowest BCUT2D eigenvalue weighted by molar-refractivity contribution is 0.434. The number of aromatic hydroxyl groups is 1. The number of fused-ring (bicyclic) bond motifs is 3. The third-order valence-corrected chi connectivity index (χ3v) is 6.49. The number of thioether (sulfide) groups is 1. The van der Waals surface area contributed by atoms with E-state index in [4.69, 9.17) is 0 Å². The van der Waals surface area contributed by atoms with Gasteiger partial charge in [-0.05, 0) is 43.4 Å². The summed E-state index contributed by atoms with van der Waals surface area (Å²) in [5.41, 5.74) is -0.580. The SMILES string of the molecule is CCCCCc1c(O)n2c3c(=O)n(C)c(=O)n(C)c3nc2n(-c2ccc(SC)cc2)c1=O. The maximum atomic E-state index is 13.5. The van der Waals surface area contributed by atoms with E-state index in [-0.39, 0.29) is 33.9 Å². The first-order valence-corrected chi connectivity index (χ1v) is 11.6. The van der Waals surface area contributed by atoms with Gasteiger partial charge in [-0.3, -0.25) is 18.7 Å². The first-order chi connectivity index (χ1) is 15.3. The van der Waals surface area contributed by atoms with Crippen LogP contribution in [0.5, 0.6) is 5.88 Å². The Morgan fingerprint density at radius 2 is 1.69 bits per heavy atom. The summed E-state index contributed by atoms with van der Waals surface area (Å²) in [4.78, 5) is 44.5. The predicted octanol–water partition coefficient (Wildman–Crippen LogP) is 2.20. The van der Waals surface area contributed by atoms with Gasteiger partial charge < -0.3 is 5.11 Å². The van der Waals surface area contributed by atoms with E-state index in [0.29, 0.717) is 12.1 Å². The Bertz CT molecular complexity index is 1510. The number of aryl methyl sites for hydroxylation is 1. The third-order valence-electron chi connectivity index (χ3n) is 5.74. The van der Waals surface area contributed by atoms with Crippen LogP contribution >= 0.6 is 11.8 Å². The number of aromatic nitrogens is 5. The highest BCUT2D eigenvalue weighted by Gasteiger charge is 2.24. The first kappa shape index (κ1) is 21.9. The molecule has 1 N–H and O–H groups in total. The normalized spacial score (nSPS) is 11.6. The summed E-state index contributed by atoms with van der Waals surface area (Å²) >= 11 is 1.58. The quantitative estimate of drug-likeness (QED) is 0.353. The predicted molar refractivity (Wildman–Crippen MR) is 125 cm³/mol. The van der Waals surface area contributed by atoms with E-state index >= 15 is 0 Å². The highest BCUT2D eigenvalue weighted by molar-refractivity contribution is 7.98. The molecule has 9 nitrogen and oxygen atoms in total. The molecule has 0 aliphatic carbocycles. The molecule has 0 radical (unpaired) electrons. The molecular formula is C22H25N5O4S. The van der Waals surface area contributed by atoms with Crippen LogP contribution in [-0.2, 0) is 20.5 Å². The lowest BCUT2D eigenvalue weighted by Crippen LogP contribution is -2.37. The molecule has 0 amide bonds. The zero-order valence-corrected chi connectivity index (χ0v) is 19.3. The summed E-state index contributed by atoms with van der Waals surface area (Å²) in [5.74, 6) is -0.228. The van der Waals surface area contributed by atoms with Crippen LogP contribution in [0.2, 0.25) is 0 Å². The molecule has 168 valence electrons. The molecule has 0 saturated heterocycles. The van der Waals surface area contributed by atoms with Crippen molar-refractivity contribution < 1.29 is 5.11 Å². The average Bonchev–Trinajstić information content (AvgIpc) is 3.19. The molecule has 1 aromatic carbocycles. The van der Waals surface area contributed by atoms with Crippen molar-refractivity contribution in [2.45, 2.75) is 37.5 Å². The topological polar surface area (TPSA) is 104 Å². The average molecular weight is 456 g/mol. The lowest BCUT2D eigenvalue weighted by Gasteiger charge is -2.13. The monoisotopic (exact) mass is 455 g/mol. The molecule has 4 rings (SSSR count). The van der Waals surface area contributed by atoms with Crippen LogP contribution in [-0.4, -0.2) is 34.4 Å². The first-order valence-electron chi connectivity index (χ1n) is 10.4. The van der Waals surface area contributed by atoms with Crippen molar-refractivity contribution in [1.82, 2.24) is 23.1 Å². The van der Waals surface area contributed by atoms with Gasteiger partial charge in [-0.2, -0.15) is 4.98 Å². The van der Waals surface area contributed by atoms with E-state index in [9.17, 15) is 19.5 Å². The molecule has 32 heavy (non-hydrogen) atoms. The fourth-order valence-corrected chi connectivity index (χ4v) is 4.33. The number of hydrogen-bond acceptors (Lipinski definition) is 6. The van der Waals surface area contributed by atoms with Crippen molar-refractivity contribution in [1.29, 1.82) is 0 Å². The van der Waals surface area contributed by atoms with E-state index in [2.05, 4.69) is 11.9 Å². The van der Waals surface area contributed by atoms with E-state index in [1.807, 2.05) is 18.4 Å². The summed E-state index contributed by atoms with van der Waals surface area (Å²) in [7, 11) is 2.88. The number of imidazole rings is 1. The smallest absolute Gasteiger partial charge is 0.332 e. The lowest BCUT2D eigenvalue weighted by atomic mass is 10.1. The fourth-order valence-electron chi connectivity index (χ4n) is 3.93. The zero-order valence-electron chi connectivity index (χ0n) is 18.5. The highest BCUT2D eigenvalue weighted by atomic mass is 32.2. The van der Waals surface area contributed by atoms with Gasteiger partial charge in [0.05, 0.1) is 11.3 Å². The van der Waals surface area contributed by atoms with Crippen molar-refractivity contribution >= 4 is 28.7 Å². The molecule has 0 spiro atoms. The van der Waals surface area contributed by atoms with Crippen LogP contribution in [0.1, 0.15) is 31.7 Å². The molecule has 0 fully saturated rings. The van der Waals surface area contributed by atoms with Crippen molar-refractivity contribution in [3.05, 3.63) is 61.0 Å². The maximum absolute atomic E-state index is 13.5. The van der Waals surface area contributed by atoms with E-state index < -0.39 is 11.2 Å². The van der Waals surface area contributed by atoms with E-state index in [0.717, 1.165) is 28.7 Å². The Morgan fingerprint density at radius 3 is 2.31 bits per heavy atom. The molecular weight excluding hydrogens is 430 g/mol. The number of hydrogen-bond donors (Lipinski definition) is 1. The summed E-state index contributed by atoms with van der Waals surface area (Å²) < 4.78 is 4.90. The number of rotatable bonds is 6. The Kier molecular flexibility index (Phi) is 5.72. The van der Waals surface area contributed by atoms with Gasteiger partial charge in [0.2, 0.25) is 11.7 Å². The van der Waals surface area contributed by atoms with Crippen molar-refractivity contribution in [3.8, 4) is 11.6 Å². The molecule has 0 aliphatic rings. The fraction of sp³-hybridized carbons (Fsp3) is 0.364. The number of nitrogens with zero attached hydrogens (tertiary/aromatic N) is 5. The summed E-state index contributed by atoms with van der Waals surface area (Å²) in [6, 6.07) is 7.39. The van der Waals surface area contributed by atoms with E-state index in [1.54, 1.807) is 23.9 Å². The maximum Gasteiger partial charge on any atom is 0.332 e. The molecule has 0 saturated carbocycles. The second-order valence-electron chi connectivity index (χ2n) is 7.72. The van der Waals surface area contributed by atoms with Gasteiger partial charge in [0.15, 0.2) is 11.2 Å². The summed E-state index contributed by atoms with van der Waals surface area (Å²) in [6.45, 7) is 2.06. The Labute approximate surface area is 187 Å². The van der Waals surface area contributed by atoms with E-state index in [1.165, 1.54) is 27.6 Å². The van der Waals surface area contributed by atoms with Gasteiger partial charge in [0, 0.05) is 19.0 Å². The standard InChI is InChI=1S/C22H25N5O4S/c1-5-6-7-8-15-18(28)26(13-9-11-14(32-4)12-10-13)21-23-17-16(27(21)19(15)29)20(30)25(3)22(31)24(17)2/h9-12,29H,5-8H2,1-4H3. The highest BCUT2D eigenvalue weighted by Crippen LogP contribution is 2.25. The Balaban J connectivity index is 2.19. The second-order valence-corrected chi connectivity index (χ2v) is 8.60. The van der Waals surface area contributed by atoms with Crippen molar-refractivity contribution in [3.63, 3.8) is 0 Å². The molecule has 10 heteroatoms. The Hall–Kier alpha value is -3.27. The van der Waals surface area contributed by atoms with Gasteiger partial charge in [-0.15, -0.1) is 11.8 Å². The largest absolute Gasteiger partial charge is 0.494 e. The van der Waals surface area contributed by atoms with Crippen LogP contribution in [0, 0.1) is 0 Å². The van der Waals surface area contributed by atoms with Crippen LogP contribution in [0.25, 0.3) is 22.6 Å². The molecule has 3 heterocycles. The van der Waals surface area contributed by atoms with Crippen LogP contribution in [0.4, 0.5) is 0 Å². The van der Waals surface area contributed by atoms with Gasteiger partial charge in [0.1, 0.15) is 0 Å². The van der Waals surface area contributed by atoms with Gasteiger partial charge in [-0.1, -0.05) is 19.8 Å². The molecule has 4 aromatic rings. The third kappa shape index (κ3) is 3.26. The molecule has 0 unspecified atom stereocenters. The zero-order chi connectivity index (χ0) is 23.2. The molecule has 3 aromatic heterocycles. The Morgan fingerprint density at radius 1 is 1.00 bits per heavy atom. The number of unbranched alkanes of at least 4 members (excludes halogenated alkanes) is 2. The molecule has 0 aliphatic heterocycles. The minimum Gasteiger partial charge on any atom is -0.494 e. The minimum absolute atomic E-state index is 0.0494. The van der Waals surface area contributed by atoms with Crippen molar-refractivity contribution in [2.75, 3.05) is 6.26 Å². The van der Waals surface area contributed by atoms with Gasteiger partial charge in [-0.25, -0.2) is 13.8 Å². The summed E-state index contributed by atoms with van der Waals surface area (Å²) in [5, 5.41) is 11.1. The number of benzene rings is 1. The van der Waals surface area contributed by atoms with Crippen molar-refractivity contribution in [2.24, 2.45) is 14.1 Å². The molecule has 0 bridgehead atoms. The van der Waals surface area contributed by atoms with Gasteiger partial charge in [0.25, 0.3) is 11.1 Å². The minimum atomic E-state index is -0.590. The van der Waals surface area contributed by atoms with Crippen LogP contribution in [0.3, 0.4) is 0 Å². The van der Waals surface area contributed by atoms with Crippen LogP contribution in [0.15, 0.2) is 43.5 Å².